The third kappa shape index (κ3) is 5.73. The molecule has 0 saturated carbocycles. The molecule has 0 aliphatic rings. The molecule has 1 aromatic carbocycles. The lowest BCUT2D eigenvalue weighted by atomic mass is 10.1. The SMILES string of the molecule is CCCNCc1ccc(F)c(S(=O)(=O)NCC(C)CC)c1. The number of halogens is 1. The van der Waals surface area contributed by atoms with Gasteiger partial charge in [0.05, 0.1) is 0 Å². The molecule has 0 saturated heterocycles. The lowest BCUT2D eigenvalue weighted by Gasteiger charge is -2.12. The Balaban J connectivity index is 2.86. The quantitative estimate of drug-likeness (QED) is 0.689. The Labute approximate surface area is 127 Å². The number of benzene rings is 1. The van der Waals surface area contributed by atoms with Gasteiger partial charge >= 0.3 is 0 Å². The van der Waals surface area contributed by atoms with Gasteiger partial charge in [-0.2, -0.15) is 0 Å². The van der Waals surface area contributed by atoms with E-state index in [1.165, 1.54) is 12.1 Å². The summed E-state index contributed by atoms with van der Waals surface area (Å²) in [4.78, 5) is -0.276. The molecule has 0 spiro atoms. The monoisotopic (exact) mass is 316 g/mol. The van der Waals surface area contributed by atoms with E-state index in [4.69, 9.17) is 0 Å². The van der Waals surface area contributed by atoms with Crippen LogP contribution in [0.1, 0.15) is 39.2 Å². The number of hydrogen-bond acceptors (Lipinski definition) is 3. The predicted molar refractivity (Wildman–Crippen MR) is 83.0 cm³/mol. The minimum atomic E-state index is -3.80. The summed E-state index contributed by atoms with van der Waals surface area (Å²) in [6.45, 7) is 7.67. The first-order chi connectivity index (χ1) is 9.90. The van der Waals surface area contributed by atoms with Crippen molar-refractivity contribution in [3.8, 4) is 0 Å². The van der Waals surface area contributed by atoms with Crippen molar-refractivity contribution in [2.24, 2.45) is 5.92 Å². The van der Waals surface area contributed by atoms with Gasteiger partial charge < -0.3 is 5.32 Å². The van der Waals surface area contributed by atoms with E-state index in [9.17, 15) is 12.8 Å². The first kappa shape index (κ1) is 18.1. The van der Waals surface area contributed by atoms with Crippen LogP contribution in [-0.2, 0) is 16.6 Å². The second-order valence-corrected chi connectivity index (χ2v) is 7.04. The molecule has 0 radical (unpaired) electrons. The first-order valence-corrected chi connectivity index (χ1v) is 8.87. The summed E-state index contributed by atoms with van der Waals surface area (Å²) in [6, 6.07) is 4.21. The lowest BCUT2D eigenvalue weighted by Crippen LogP contribution is -2.29. The van der Waals surface area contributed by atoms with Crippen molar-refractivity contribution in [2.45, 2.75) is 45.1 Å². The van der Waals surface area contributed by atoms with Crippen LogP contribution in [0.25, 0.3) is 0 Å². The molecule has 120 valence electrons. The molecule has 0 aromatic heterocycles. The zero-order chi connectivity index (χ0) is 15.9. The molecule has 0 fully saturated rings. The highest BCUT2D eigenvalue weighted by molar-refractivity contribution is 7.89. The summed E-state index contributed by atoms with van der Waals surface area (Å²) in [7, 11) is -3.80. The molecule has 21 heavy (non-hydrogen) atoms. The maximum atomic E-state index is 13.8. The van der Waals surface area contributed by atoms with Crippen LogP contribution in [0.5, 0.6) is 0 Å². The fourth-order valence-electron chi connectivity index (χ4n) is 1.75. The zero-order valence-corrected chi connectivity index (χ0v) is 13.8. The van der Waals surface area contributed by atoms with Crippen molar-refractivity contribution < 1.29 is 12.8 Å². The van der Waals surface area contributed by atoms with E-state index < -0.39 is 15.8 Å². The number of nitrogens with one attached hydrogen (secondary N) is 2. The van der Waals surface area contributed by atoms with E-state index in [0.29, 0.717) is 13.1 Å². The molecule has 2 N–H and O–H groups in total. The Morgan fingerprint density at radius 1 is 1.29 bits per heavy atom. The van der Waals surface area contributed by atoms with Crippen LogP contribution in [0, 0.1) is 11.7 Å². The second-order valence-electron chi connectivity index (χ2n) is 5.31. The number of sulfonamides is 1. The molecule has 1 aromatic rings. The average molecular weight is 316 g/mol. The Bertz CT molecular complexity index is 547. The molecule has 0 amide bonds. The first-order valence-electron chi connectivity index (χ1n) is 7.39. The van der Waals surface area contributed by atoms with Crippen LogP contribution in [0.15, 0.2) is 23.1 Å². The molecule has 1 atom stereocenters. The van der Waals surface area contributed by atoms with Gasteiger partial charge in [0.25, 0.3) is 0 Å². The van der Waals surface area contributed by atoms with Crippen molar-refractivity contribution in [2.75, 3.05) is 13.1 Å². The molecule has 0 aliphatic carbocycles. The van der Waals surface area contributed by atoms with Crippen LogP contribution in [0.3, 0.4) is 0 Å². The topological polar surface area (TPSA) is 58.2 Å². The zero-order valence-electron chi connectivity index (χ0n) is 12.9. The second kappa shape index (κ2) is 8.46. The highest BCUT2D eigenvalue weighted by Crippen LogP contribution is 2.17. The smallest absolute Gasteiger partial charge is 0.243 e. The van der Waals surface area contributed by atoms with Gasteiger partial charge in [-0.15, -0.1) is 0 Å². The van der Waals surface area contributed by atoms with Crippen LogP contribution in [0.2, 0.25) is 0 Å². The van der Waals surface area contributed by atoms with Crippen molar-refractivity contribution in [1.82, 2.24) is 10.0 Å². The van der Waals surface area contributed by atoms with Crippen molar-refractivity contribution in [3.05, 3.63) is 29.6 Å². The maximum absolute atomic E-state index is 13.8. The van der Waals surface area contributed by atoms with Crippen molar-refractivity contribution in [1.29, 1.82) is 0 Å². The Morgan fingerprint density at radius 3 is 2.62 bits per heavy atom. The van der Waals surface area contributed by atoms with E-state index >= 15 is 0 Å². The predicted octanol–water partition coefficient (Wildman–Crippen LogP) is 2.65. The molecular formula is C15H25FN2O2S. The Morgan fingerprint density at radius 2 is 2.00 bits per heavy atom. The highest BCUT2D eigenvalue weighted by atomic mass is 32.2. The molecule has 4 nitrogen and oxygen atoms in total. The van der Waals surface area contributed by atoms with E-state index in [0.717, 1.165) is 24.9 Å². The minimum absolute atomic E-state index is 0.220. The Hall–Kier alpha value is -0.980. The molecule has 6 heteroatoms. The van der Waals surface area contributed by atoms with E-state index in [1.54, 1.807) is 6.07 Å². The molecule has 1 unspecified atom stereocenters. The third-order valence-electron chi connectivity index (χ3n) is 3.36. The van der Waals surface area contributed by atoms with E-state index in [2.05, 4.69) is 10.0 Å². The van der Waals surface area contributed by atoms with Gasteiger partial charge in [0.15, 0.2) is 0 Å². The van der Waals surface area contributed by atoms with Crippen LogP contribution in [0.4, 0.5) is 4.39 Å². The lowest BCUT2D eigenvalue weighted by molar-refractivity contribution is 0.521. The largest absolute Gasteiger partial charge is 0.313 e. The van der Waals surface area contributed by atoms with Crippen LogP contribution in [-0.4, -0.2) is 21.5 Å². The molecular weight excluding hydrogens is 291 g/mol. The summed E-state index contributed by atoms with van der Waals surface area (Å²) >= 11 is 0. The average Bonchev–Trinajstić information content (AvgIpc) is 2.46. The fraction of sp³-hybridized carbons (Fsp3) is 0.600. The fourth-order valence-corrected chi connectivity index (χ4v) is 3.04. The normalized spacial score (nSPS) is 13.3. The highest BCUT2D eigenvalue weighted by Gasteiger charge is 2.19. The van der Waals surface area contributed by atoms with E-state index in [-0.39, 0.29) is 10.8 Å². The van der Waals surface area contributed by atoms with Gasteiger partial charge in [-0.3, -0.25) is 0 Å². The van der Waals surface area contributed by atoms with Crippen molar-refractivity contribution in [3.63, 3.8) is 0 Å². The van der Waals surface area contributed by atoms with Gasteiger partial charge in [-0.05, 0) is 36.6 Å². The summed E-state index contributed by atoms with van der Waals surface area (Å²) in [5, 5.41) is 3.17. The number of hydrogen-bond donors (Lipinski definition) is 2. The molecule has 0 heterocycles. The van der Waals surface area contributed by atoms with Gasteiger partial charge in [0.1, 0.15) is 10.7 Å². The van der Waals surface area contributed by atoms with Gasteiger partial charge in [-0.25, -0.2) is 17.5 Å². The molecule has 1 rings (SSSR count). The van der Waals surface area contributed by atoms with Crippen LogP contribution >= 0.6 is 0 Å². The standard InChI is InChI=1S/C15H25FN2O2S/c1-4-8-17-11-13-6-7-14(16)15(9-13)21(19,20)18-10-12(3)5-2/h6-7,9,12,17-18H,4-5,8,10-11H2,1-3H3. The van der Waals surface area contributed by atoms with Crippen molar-refractivity contribution >= 4 is 10.0 Å². The van der Waals surface area contributed by atoms with Gasteiger partial charge in [0.2, 0.25) is 10.0 Å². The molecule has 0 bridgehead atoms. The van der Waals surface area contributed by atoms with E-state index in [1.807, 2.05) is 20.8 Å². The van der Waals surface area contributed by atoms with Crippen LogP contribution < -0.4 is 10.0 Å². The summed E-state index contributed by atoms with van der Waals surface area (Å²) in [5.41, 5.74) is 0.758. The minimum Gasteiger partial charge on any atom is -0.313 e. The summed E-state index contributed by atoms with van der Waals surface area (Å²) in [5.74, 6) is -0.497. The maximum Gasteiger partial charge on any atom is 0.243 e. The van der Waals surface area contributed by atoms with Gasteiger partial charge in [0, 0.05) is 13.1 Å². The Kier molecular flexibility index (Phi) is 7.28. The van der Waals surface area contributed by atoms with Gasteiger partial charge in [-0.1, -0.05) is 33.3 Å². The number of rotatable bonds is 9. The summed E-state index contributed by atoms with van der Waals surface area (Å²) in [6.07, 6.45) is 1.86. The third-order valence-corrected chi connectivity index (χ3v) is 4.80. The summed E-state index contributed by atoms with van der Waals surface area (Å²) < 4.78 is 40.7. The molecule has 0 aliphatic heterocycles.